The molecule has 0 aromatic heterocycles. The Kier molecular flexibility index (Phi) is 3.08. The smallest absolute Gasteiger partial charge is 0.180 e. The summed E-state index contributed by atoms with van der Waals surface area (Å²) in [5, 5.41) is 11.4. The van der Waals surface area contributed by atoms with Crippen LogP contribution < -0.4 is 0 Å². The summed E-state index contributed by atoms with van der Waals surface area (Å²) in [4.78, 5) is 11.1. The number of hydrogen-bond donors (Lipinski definition) is 1. The maximum Gasteiger partial charge on any atom is 0.180 e. The quantitative estimate of drug-likeness (QED) is 0.428. The molecule has 0 spiro atoms. The first-order valence-electron chi connectivity index (χ1n) is 4.08. The molecule has 1 N–H and O–H groups in total. The molecule has 1 saturated carbocycles. The minimum absolute atomic E-state index is 0.0206. The maximum atomic E-state index is 11.1. The van der Waals surface area contributed by atoms with Gasteiger partial charge in [0.15, 0.2) is 5.78 Å². The van der Waals surface area contributed by atoms with Crippen LogP contribution in [0.1, 0.15) is 38.5 Å². The van der Waals surface area contributed by atoms with E-state index in [0.29, 0.717) is 18.6 Å². The average Bonchev–Trinajstić information content (AvgIpc) is 1.98. The van der Waals surface area contributed by atoms with Crippen molar-refractivity contribution in [3.05, 3.63) is 0 Å². The lowest BCUT2D eigenvalue weighted by Crippen LogP contribution is -2.15. The standard InChI is InChI=1S/C8H13NO2/c10-8-6-4-2-1-3-5-7(8)9-11/h11H,1-6H2/b9-7+. The average molecular weight is 155 g/mol. The predicted molar refractivity (Wildman–Crippen MR) is 41.9 cm³/mol. The maximum absolute atomic E-state index is 11.1. The Bertz CT molecular complexity index is 175. The van der Waals surface area contributed by atoms with Crippen molar-refractivity contribution in [2.75, 3.05) is 0 Å². The molecular formula is C8H13NO2. The second-order valence-electron chi connectivity index (χ2n) is 2.88. The Labute approximate surface area is 66.1 Å². The van der Waals surface area contributed by atoms with Gasteiger partial charge in [-0.2, -0.15) is 0 Å². The first-order valence-corrected chi connectivity index (χ1v) is 4.08. The van der Waals surface area contributed by atoms with Gasteiger partial charge in [-0.05, 0) is 19.3 Å². The number of oxime groups is 1. The Morgan fingerprint density at radius 3 is 2.36 bits per heavy atom. The SMILES string of the molecule is O=C1CCCCCC/C1=N\O. The van der Waals surface area contributed by atoms with E-state index in [1.54, 1.807) is 0 Å². The highest BCUT2D eigenvalue weighted by molar-refractivity contribution is 6.39. The number of hydrogen-bond acceptors (Lipinski definition) is 3. The first kappa shape index (κ1) is 8.24. The summed E-state index contributed by atoms with van der Waals surface area (Å²) < 4.78 is 0. The zero-order valence-electron chi connectivity index (χ0n) is 6.55. The van der Waals surface area contributed by atoms with Crippen molar-refractivity contribution in [1.29, 1.82) is 0 Å². The van der Waals surface area contributed by atoms with Gasteiger partial charge >= 0.3 is 0 Å². The van der Waals surface area contributed by atoms with E-state index in [4.69, 9.17) is 5.21 Å². The molecule has 1 fully saturated rings. The Hall–Kier alpha value is -0.860. The Morgan fingerprint density at radius 2 is 1.73 bits per heavy atom. The molecule has 3 heteroatoms. The molecule has 0 amide bonds. The number of carbonyl (C=O) groups excluding carboxylic acids is 1. The van der Waals surface area contributed by atoms with Crippen molar-refractivity contribution in [1.82, 2.24) is 0 Å². The number of nitrogens with zero attached hydrogens (tertiary/aromatic N) is 1. The van der Waals surface area contributed by atoms with Gasteiger partial charge in [-0.25, -0.2) is 0 Å². The molecule has 1 rings (SSSR count). The topological polar surface area (TPSA) is 49.7 Å². The summed E-state index contributed by atoms with van der Waals surface area (Å²) >= 11 is 0. The van der Waals surface area contributed by atoms with Crippen LogP contribution in [0.2, 0.25) is 0 Å². The van der Waals surface area contributed by atoms with Gasteiger partial charge in [0.05, 0.1) is 0 Å². The Balaban J connectivity index is 2.53. The number of rotatable bonds is 0. The lowest BCUT2D eigenvalue weighted by Gasteiger charge is -2.07. The molecule has 1 aliphatic rings. The molecule has 0 saturated heterocycles. The zero-order valence-corrected chi connectivity index (χ0v) is 6.55. The van der Waals surface area contributed by atoms with E-state index in [1.807, 2.05) is 0 Å². The van der Waals surface area contributed by atoms with Gasteiger partial charge in [0, 0.05) is 6.42 Å². The van der Waals surface area contributed by atoms with Crippen LogP contribution in [0.15, 0.2) is 5.16 Å². The molecular weight excluding hydrogens is 142 g/mol. The normalized spacial score (nSPS) is 24.7. The van der Waals surface area contributed by atoms with E-state index in [-0.39, 0.29) is 5.78 Å². The van der Waals surface area contributed by atoms with Crippen LogP contribution in [0.25, 0.3) is 0 Å². The second-order valence-corrected chi connectivity index (χ2v) is 2.88. The third kappa shape index (κ3) is 2.33. The van der Waals surface area contributed by atoms with Crippen molar-refractivity contribution < 1.29 is 10.0 Å². The minimum Gasteiger partial charge on any atom is -0.411 e. The zero-order chi connectivity index (χ0) is 8.10. The van der Waals surface area contributed by atoms with Crippen molar-refractivity contribution >= 4 is 11.5 Å². The van der Waals surface area contributed by atoms with E-state index in [0.717, 1.165) is 25.7 Å². The van der Waals surface area contributed by atoms with Crippen molar-refractivity contribution in [2.45, 2.75) is 38.5 Å². The molecule has 0 aromatic carbocycles. The van der Waals surface area contributed by atoms with E-state index in [2.05, 4.69) is 5.16 Å². The molecule has 3 nitrogen and oxygen atoms in total. The van der Waals surface area contributed by atoms with Crippen LogP contribution in [0.5, 0.6) is 0 Å². The molecule has 1 aliphatic carbocycles. The van der Waals surface area contributed by atoms with Gasteiger partial charge in [-0.1, -0.05) is 18.0 Å². The summed E-state index contributed by atoms with van der Waals surface area (Å²) in [6.07, 6.45) is 5.40. The molecule has 0 aromatic rings. The summed E-state index contributed by atoms with van der Waals surface area (Å²) in [7, 11) is 0. The highest BCUT2D eigenvalue weighted by atomic mass is 16.4. The van der Waals surface area contributed by atoms with Crippen molar-refractivity contribution in [2.24, 2.45) is 5.16 Å². The summed E-state index contributed by atoms with van der Waals surface area (Å²) in [5.74, 6) is 0.0206. The Morgan fingerprint density at radius 1 is 1.09 bits per heavy atom. The van der Waals surface area contributed by atoms with E-state index >= 15 is 0 Å². The van der Waals surface area contributed by atoms with E-state index in [1.165, 1.54) is 0 Å². The van der Waals surface area contributed by atoms with Crippen molar-refractivity contribution in [3.8, 4) is 0 Å². The molecule has 11 heavy (non-hydrogen) atoms. The van der Waals surface area contributed by atoms with Crippen LogP contribution in [0, 0.1) is 0 Å². The van der Waals surface area contributed by atoms with E-state index < -0.39 is 0 Å². The molecule has 0 atom stereocenters. The fraction of sp³-hybridized carbons (Fsp3) is 0.750. The van der Waals surface area contributed by atoms with Crippen LogP contribution in [0.3, 0.4) is 0 Å². The van der Waals surface area contributed by atoms with Crippen LogP contribution in [-0.2, 0) is 4.79 Å². The second kappa shape index (κ2) is 4.11. The fourth-order valence-corrected chi connectivity index (χ4v) is 1.32. The van der Waals surface area contributed by atoms with Gasteiger partial charge in [0.25, 0.3) is 0 Å². The minimum atomic E-state index is 0.0206. The summed E-state index contributed by atoms with van der Waals surface area (Å²) in [6, 6.07) is 0. The summed E-state index contributed by atoms with van der Waals surface area (Å²) in [6.45, 7) is 0. The third-order valence-electron chi connectivity index (χ3n) is 2.01. The molecule has 0 unspecified atom stereocenters. The predicted octanol–water partition coefficient (Wildman–Crippen LogP) is 1.74. The van der Waals surface area contributed by atoms with E-state index in [9.17, 15) is 4.79 Å². The number of carbonyl (C=O) groups is 1. The lowest BCUT2D eigenvalue weighted by atomic mass is 9.98. The van der Waals surface area contributed by atoms with Gasteiger partial charge in [0.1, 0.15) is 5.71 Å². The number of Topliss-reactive ketones (excluding diaryl/α,β-unsaturated/α-hetero) is 1. The molecule has 0 bridgehead atoms. The first-order chi connectivity index (χ1) is 5.34. The molecule has 0 heterocycles. The summed E-state index contributed by atoms with van der Waals surface area (Å²) in [5.41, 5.74) is 0.365. The molecule has 0 radical (unpaired) electrons. The lowest BCUT2D eigenvalue weighted by molar-refractivity contribution is -0.113. The van der Waals surface area contributed by atoms with Gasteiger partial charge in [0.2, 0.25) is 0 Å². The monoisotopic (exact) mass is 155 g/mol. The largest absolute Gasteiger partial charge is 0.411 e. The van der Waals surface area contributed by atoms with Gasteiger partial charge in [-0.15, -0.1) is 0 Å². The van der Waals surface area contributed by atoms with Crippen molar-refractivity contribution in [3.63, 3.8) is 0 Å². The third-order valence-corrected chi connectivity index (χ3v) is 2.01. The fourth-order valence-electron chi connectivity index (χ4n) is 1.32. The highest BCUT2D eigenvalue weighted by Gasteiger charge is 2.13. The van der Waals surface area contributed by atoms with Crippen LogP contribution >= 0.6 is 0 Å². The van der Waals surface area contributed by atoms with Gasteiger partial charge in [-0.3, -0.25) is 4.79 Å². The molecule has 62 valence electrons. The molecule has 0 aliphatic heterocycles. The van der Waals surface area contributed by atoms with Crippen LogP contribution in [-0.4, -0.2) is 16.7 Å². The highest BCUT2D eigenvalue weighted by Crippen LogP contribution is 2.12. The van der Waals surface area contributed by atoms with Gasteiger partial charge < -0.3 is 5.21 Å². The number of ketones is 1. The van der Waals surface area contributed by atoms with Crippen LogP contribution in [0.4, 0.5) is 0 Å².